The van der Waals surface area contributed by atoms with Gasteiger partial charge in [-0.15, -0.1) is 0 Å². The Morgan fingerprint density at radius 2 is 1.95 bits per heavy atom. The van der Waals surface area contributed by atoms with Crippen molar-refractivity contribution >= 4 is 30.8 Å². The highest BCUT2D eigenvalue weighted by Crippen LogP contribution is 2.37. The number of nitrogens with zero attached hydrogens (tertiary/aromatic N) is 2. The maximum absolute atomic E-state index is 13.1. The number of hydrogen-bond donors (Lipinski definition) is 5. The number of aromatic nitrogens is 1. The monoisotopic (exact) mass is 545 g/mol. The zero-order valence-electron chi connectivity index (χ0n) is 21.5. The SMILES string of the molecule is CP(=O)(O)CCc1ccc(C(=N)N)cc1OC[C@@H](CCC(=O)O)NC(=O)C1CCN(c2ccncc2)CC1. The molecule has 11 nitrogen and oxygen atoms in total. The molecule has 1 unspecified atom stereocenters. The van der Waals surface area contributed by atoms with Crippen LogP contribution in [0.1, 0.15) is 36.8 Å². The molecule has 1 fully saturated rings. The summed E-state index contributed by atoms with van der Waals surface area (Å²) in [6.45, 7) is 2.75. The van der Waals surface area contributed by atoms with Crippen LogP contribution in [0.2, 0.25) is 0 Å². The van der Waals surface area contributed by atoms with Crippen LogP contribution in [-0.2, 0) is 20.6 Å². The predicted molar refractivity (Wildman–Crippen MR) is 145 cm³/mol. The van der Waals surface area contributed by atoms with Crippen LogP contribution in [0.3, 0.4) is 0 Å². The quantitative estimate of drug-likeness (QED) is 0.144. The highest BCUT2D eigenvalue weighted by atomic mass is 31.2. The molecule has 38 heavy (non-hydrogen) atoms. The van der Waals surface area contributed by atoms with Gasteiger partial charge in [-0.3, -0.25) is 24.5 Å². The average Bonchev–Trinajstić information content (AvgIpc) is 2.89. The molecule has 0 radical (unpaired) electrons. The van der Waals surface area contributed by atoms with Crippen LogP contribution in [0.4, 0.5) is 5.69 Å². The number of piperidine rings is 1. The van der Waals surface area contributed by atoms with Gasteiger partial charge in [0, 0.05) is 61.9 Å². The summed E-state index contributed by atoms with van der Waals surface area (Å²) >= 11 is 0. The number of amides is 1. The second-order valence-electron chi connectivity index (χ2n) is 9.68. The fraction of sp³-hybridized carbons (Fsp3) is 0.462. The molecule has 1 saturated heterocycles. The Hall–Kier alpha value is -3.43. The molecule has 206 valence electrons. The molecule has 0 saturated carbocycles. The van der Waals surface area contributed by atoms with E-state index in [-0.39, 0.29) is 49.7 Å². The third kappa shape index (κ3) is 9.15. The topological polar surface area (TPSA) is 179 Å². The second kappa shape index (κ2) is 13.4. The average molecular weight is 546 g/mol. The molecule has 2 heterocycles. The highest BCUT2D eigenvalue weighted by molar-refractivity contribution is 7.57. The van der Waals surface area contributed by atoms with Crippen LogP contribution >= 0.6 is 7.37 Å². The van der Waals surface area contributed by atoms with Crippen molar-refractivity contribution in [2.75, 3.05) is 37.4 Å². The van der Waals surface area contributed by atoms with Gasteiger partial charge < -0.3 is 30.7 Å². The van der Waals surface area contributed by atoms with Crippen molar-refractivity contribution in [3.8, 4) is 5.75 Å². The Bertz CT molecular complexity index is 1160. The number of carbonyl (C=O) groups is 2. The highest BCUT2D eigenvalue weighted by Gasteiger charge is 2.27. The van der Waals surface area contributed by atoms with Crippen LogP contribution in [0.5, 0.6) is 5.75 Å². The van der Waals surface area contributed by atoms with Crippen molar-refractivity contribution in [3.63, 3.8) is 0 Å². The number of rotatable bonds is 13. The van der Waals surface area contributed by atoms with E-state index in [1.807, 2.05) is 12.1 Å². The summed E-state index contributed by atoms with van der Waals surface area (Å²) in [6, 6.07) is 8.25. The minimum atomic E-state index is -3.25. The molecule has 3 rings (SSSR count). The summed E-state index contributed by atoms with van der Waals surface area (Å²) < 4.78 is 17.8. The molecule has 6 N–H and O–H groups in total. The van der Waals surface area contributed by atoms with E-state index >= 15 is 0 Å². The van der Waals surface area contributed by atoms with Gasteiger partial charge in [-0.2, -0.15) is 0 Å². The van der Waals surface area contributed by atoms with Crippen LogP contribution in [0.15, 0.2) is 42.7 Å². The number of aryl methyl sites for hydroxylation is 1. The van der Waals surface area contributed by atoms with Gasteiger partial charge in [0.2, 0.25) is 5.91 Å². The lowest BCUT2D eigenvalue weighted by Crippen LogP contribution is -2.46. The summed E-state index contributed by atoms with van der Waals surface area (Å²) in [5, 5.41) is 19.9. The van der Waals surface area contributed by atoms with Crippen LogP contribution in [0.25, 0.3) is 0 Å². The standard InChI is InChI=1S/C26H36N5O6P/c1-38(35,36)15-10-18-2-3-20(25(27)28)16-23(18)37-17-21(4-5-24(32)33)30-26(34)19-8-13-31(14-9-19)22-6-11-29-12-7-22/h2-3,6-7,11-12,16,19,21H,4-5,8-10,13-15,17H2,1H3,(H3,27,28)(H,30,34)(H,32,33)(H,35,36)/t21-/m1/s1. The summed E-state index contributed by atoms with van der Waals surface area (Å²) in [7, 11) is -3.25. The zero-order chi connectivity index (χ0) is 27.7. The van der Waals surface area contributed by atoms with E-state index in [4.69, 9.17) is 15.9 Å². The fourth-order valence-corrected chi connectivity index (χ4v) is 5.01. The van der Waals surface area contributed by atoms with Gasteiger partial charge in [-0.25, -0.2) is 0 Å². The summed E-state index contributed by atoms with van der Waals surface area (Å²) in [5.41, 5.74) is 7.78. The van der Waals surface area contributed by atoms with Crippen molar-refractivity contribution in [1.29, 1.82) is 5.41 Å². The number of pyridine rings is 1. The number of nitrogen functional groups attached to an aromatic ring is 1. The van der Waals surface area contributed by atoms with Crippen LogP contribution in [-0.4, -0.2) is 71.3 Å². The largest absolute Gasteiger partial charge is 0.491 e. The Balaban J connectivity index is 1.65. The number of anilines is 1. The number of carbonyl (C=O) groups excluding carboxylic acids is 1. The minimum absolute atomic E-state index is 0.00610. The van der Waals surface area contributed by atoms with Crippen molar-refractivity contribution in [1.82, 2.24) is 10.3 Å². The number of nitrogens with two attached hydrogens (primary N) is 1. The first-order valence-corrected chi connectivity index (χ1v) is 14.9. The molecule has 1 aromatic carbocycles. The molecule has 1 amide bonds. The summed E-state index contributed by atoms with van der Waals surface area (Å²) in [5.74, 6) is -1.08. The molecule has 0 bridgehead atoms. The first-order chi connectivity index (χ1) is 18.0. The minimum Gasteiger partial charge on any atom is -0.491 e. The number of benzene rings is 1. The Morgan fingerprint density at radius 3 is 2.55 bits per heavy atom. The van der Waals surface area contributed by atoms with Crippen LogP contribution in [0, 0.1) is 11.3 Å². The number of aliphatic carboxylic acids is 1. The van der Waals surface area contributed by atoms with E-state index < -0.39 is 19.4 Å². The maximum atomic E-state index is 13.1. The third-order valence-corrected chi connectivity index (χ3v) is 7.61. The van der Waals surface area contributed by atoms with Crippen molar-refractivity contribution in [2.45, 2.75) is 38.1 Å². The number of amidine groups is 1. The first kappa shape index (κ1) is 29.1. The zero-order valence-corrected chi connectivity index (χ0v) is 22.4. The van der Waals surface area contributed by atoms with E-state index in [1.54, 1.807) is 30.6 Å². The molecule has 1 aliphatic rings. The molecule has 2 atom stereocenters. The van der Waals surface area contributed by atoms with Gasteiger partial charge in [0.25, 0.3) is 0 Å². The fourth-order valence-electron chi connectivity index (χ4n) is 4.35. The van der Waals surface area contributed by atoms with Gasteiger partial charge in [-0.05, 0) is 49.4 Å². The van der Waals surface area contributed by atoms with Gasteiger partial charge in [0.05, 0.1) is 6.04 Å². The lowest BCUT2D eigenvalue weighted by molar-refractivity contribution is -0.137. The first-order valence-electron chi connectivity index (χ1n) is 12.6. The molecule has 0 aliphatic carbocycles. The summed E-state index contributed by atoms with van der Waals surface area (Å²) in [6.07, 6.45) is 5.19. The van der Waals surface area contributed by atoms with Crippen molar-refractivity contribution < 1.29 is 28.9 Å². The van der Waals surface area contributed by atoms with E-state index in [0.29, 0.717) is 29.7 Å². The number of carboxylic acid groups (broad SMARTS) is 1. The van der Waals surface area contributed by atoms with Crippen LogP contribution < -0.4 is 20.7 Å². The number of ether oxygens (including phenoxy) is 1. The van der Waals surface area contributed by atoms with Gasteiger partial charge in [-0.1, -0.05) is 12.1 Å². The van der Waals surface area contributed by atoms with E-state index in [2.05, 4.69) is 15.2 Å². The van der Waals surface area contributed by atoms with E-state index in [1.165, 1.54) is 6.66 Å². The smallest absolute Gasteiger partial charge is 0.303 e. The number of nitrogens with one attached hydrogen (secondary N) is 2. The predicted octanol–water partition coefficient (Wildman–Crippen LogP) is 2.45. The van der Waals surface area contributed by atoms with Crippen molar-refractivity contribution in [3.05, 3.63) is 53.9 Å². The Morgan fingerprint density at radius 1 is 1.26 bits per heavy atom. The maximum Gasteiger partial charge on any atom is 0.303 e. The Labute approximate surface area is 222 Å². The molecule has 1 aromatic heterocycles. The third-order valence-electron chi connectivity index (χ3n) is 6.56. The van der Waals surface area contributed by atoms with Gasteiger partial charge in [0.15, 0.2) is 7.37 Å². The number of carboxylic acids is 1. The van der Waals surface area contributed by atoms with E-state index in [9.17, 15) is 24.2 Å². The molecular formula is C26H36N5O6P. The van der Waals surface area contributed by atoms with Gasteiger partial charge >= 0.3 is 5.97 Å². The molecule has 1 aliphatic heterocycles. The van der Waals surface area contributed by atoms with Crippen molar-refractivity contribution in [2.24, 2.45) is 11.7 Å². The molecule has 12 heteroatoms. The lowest BCUT2D eigenvalue weighted by atomic mass is 9.95. The van der Waals surface area contributed by atoms with E-state index in [0.717, 1.165) is 18.8 Å². The molecular weight excluding hydrogens is 509 g/mol. The lowest BCUT2D eigenvalue weighted by Gasteiger charge is -2.33. The normalized spacial score (nSPS) is 16.3. The van der Waals surface area contributed by atoms with Gasteiger partial charge in [0.1, 0.15) is 18.2 Å². The molecule has 2 aromatic rings. The number of hydrogen-bond acceptors (Lipinski definition) is 7. The Kier molecular flexibility index (Phi) is 10.3. The molecule has 0 spiro atoms. The second-order valence-corrected chi connectivity index (χ2v) is 12.2. The summed E-state index contributed by atoms with van der Waals surface area (Å²) in [4.78, 5) is 40.3.